The lowest BCUT2D eigenvalue weighted by molar-refractivity contribution is -0.0586. The topological polar surface area (TPSA) is 42.4 Å². The number of carbonyl (C=O) groups is 1. The first-order valence-electron chi connectivity index (χ1n) is 5.73. The first-order chi connectivity index (χ1) is 8.47. The molecule has 0 spiro atoms. The second kappa shape index (κ2) is 5.55. The highest BCUT2D eigenvalue weighted by atomic mass is 79.9. The zero-order valence-corrected chi connectivity index (χ0v) is 12.5. The van der Waals surface area contributed by atoms with E-state index in [0.717, 1.165) is 4.47 Å². The van der Waals surface area contributed by atoms with Crippen LogP contribution in [0.4, 0.5) is 0 Å². The fourth-order valence-electron chi connectivity index (χ4n) is 2.09. The average Bonchev–Trinajstić information content (AvgIpc) is 2.30. The smallest absolute Gasteiger partial charge is 0.257 e. The van der Waals surface area contributed by atoms with E-state index < -0.39 is 0 Å². The van der Waals surface area contributed by atoms with Crippen LogP contribution in [0, 0.1) is 0 Å². The molecule has 0 bridgehead atoms. The number of halogens is 2. The molecule has 1 aromatic rings. The summed E-state index contributed by atoms with van der Waals surface area (Å²) in [6.07, 6.45) is 1.65. The predicted molar refractivity (Wildman–Crippen MR) is 72.9 cm³/mol. The molecule has 2 rings (SSSR count). The van der Waals surface area contributed by atoms with Crippen molar-refractivity contribution in [3.63, 3.8) is 0 Å². The molecular formula is C12H14BrClN2O2. The molecule has 98 valence electrons. The number of hydrogen-bond acceptors (Lipinski definition) is 3. The summed E-state index contributed by atoms with van der Waals surface area (Å²) in [6.45, 7) is 5.06. The maximum atomic E-state index is 12.4. The van der Waals surface area contributed by atoms with Crippen LogP contribution in [0.1, 0.15) is 24.2 Å². The third-order valence-corrected chi connectivity index (χ3v) is 3.48. The zero-order chi connectivity index (χ0) is 13.3. The number of rotatable bonds is 1. The van der Waals surface area contributed by atoms with Crippen molar-refractivity contribution < 1.29 is 9.53 Å². The Morgan fingerprint density at radius 2 is 2.11 bits per heavy atom. The van der Waals surface area contributed by atoms with Crippen molar-refractivity contribution in [2.24, 2.45) is 0 Å². The maximum Gasteiger partial charge on any atom is 0.257 e. The van der Waals surface area contributed by atoms with Gasteiger partial charge in [-0.1, -0.05) is 11.6 Å². The highest BCUT2D eigenvalue weighted by Gasteiger charge is 2.28. The number of hydrogen-bond donors (Lipinski definition) is 0. The third kappa shape index (κ3) is 3.02. The van der Waals surface area contributed by atoms with E-state index in [1.165, 1.54) is 0 Å². The molecule has 1 fully saturated rings. The fourth-order valence-corrected chi connectivity index (χ4v) is 2.60. The van der Waals surface area contributed by atoms with Gasteiger partial charge in [0.25, 0.3) is 5.91 Å². The van der Waals surface area contributed by atoms with Crippen LogP contribution >= 0.6 is 27.5 Å². The van der Waals surface area contributed by atoms with Gasteiger partial charge < -0.3 is 9.64 Å². The quantitative estimate of drug-likeness (QED) is 0.742. The number of aromatic nitrogens is 1. The molecule has 0 radical (unpaired) electrons. The minimum absolute atomic E-state index is 0.0385. The lowest BCUT2D eigenvalue weighted by Crippen LogP contribution is -2.48. The van der Waals surface area contributed by atoms with Gasteiger partial charge in [-0.25, -0.2) is 4.98 Å². The zero-order valence-electron chi connectivity index (χ0n) is 10.2. The van der Waals surface area contributed by atoms with Crippen molar-refractivity contribution in [1.29, 1.82) is 0 Å². The standard InChI is InChI=1S/C12H14BrClN2O2/c1-7-5-16(6-8(2)18-7)12(17)10-3-9(13)4-15-11(10)14/h3-4,7-8H,5-6H2,1-2H3/t7-,8+. The van der Waals surface area contributed by atoms with Crippen LogP contribution in [0.15, 0.2) is 16.7 Å². The molecule has 0 N–H and O–H groups in total. The molecule has 18 heavy (non-hydrogen) atoms. The van der Waals surface area contributed by atoms with E-state index in [4.69, 9.17) is 16.3 Å². The van der Waals surface area contributed by atoms with Crippen LogP contribution in [-0.4, -0.2) is 41.1 Å². The monoisotopic (exact) mass is 332 g/mol. The van der Waals surface area contributed by atoms with Gasteiger partial charge in [-0.15, -0.1) is 0 Å². The van der Waals surface area contributed by atoms with Gasteiger partial charge in [0.15, 0.2) is 0 Å². The fraction of sp³-hybridized carbons (Fsp3) is 0.500. The highest BCUT2D eigenvalue weighted by Crippen LogP contribution is 2.21. The summed E-state index contributed by atoms with van der Waals surface area (Å²) >= 11 is 9.27. The SMILES string of the molecule is C[C@@H]1CN(C(=O)c2cc(Br)cnc2Cl)C[C@H](C)O1. The van der Waals surface area contributed by atoms with Gasteiger partial charge in [0, 0.05) is 23.8 Å². The summed E-state index contributed by atoms with van der Waals surface area (Å²) in [5.41, 5.74) is 0.423. The van der Waals surface area contributed by atoms with Crippen molar-refractivity contribution in [3.05, 3.63) is 27.5 Å². The Kier molecular flexibility index (Phi) is 4.25. The van der Waals surface area contributed by atoms with E-state index >= 15 is 0 Å². The second-order valence-electron chi connectivity index (χ2n) is 4.46. The Bertz CT molecular complexity index is 459. The van der Waals surface area contributed by atoms with Crippen LogP contribution in [0.2, 0.25) is 5.15 Å². The van der Waals surface area contributed by atoms with Crippen LogP contribution in [0.25, 0.3) is 0 Å². The molecule has 1 aliphatic heterocycles. The first-order valence-corrected chi connectivity index (χ1v) is 6.90. The Balaban J connectivity index is 2.22. The van der Waals surface area contributed by atoms with Crippen LogP contribution in [0.5, 0.6) is 0 Å². The van der Waals surface area contributed by atoms with Crippen molar-refractivity contribution in [2.75, 3.05) is 13.1 Å². The van der Waals surface area contributed by atoms with Gasteiger partial charge in [-0.3, -0.25) is 4.79 Å². The summed E-state index contributed by atoms with van der Waals surface area (Å²) in [7, 11) is 0. The van der Waals surface area contributed by atoms with Crippen LogP contribution in [-0.2, 0) is 4.74 Å². The van der Waals surface area contributed by atoms with Crippen molar-refractivity contribution in [1.82, 2.24) is 9.88 Å². The Labute approximate surface area is 119 Å². The summed E-state index contributed by atoms with van der Waals surface area (Å²) in [4.78, 5) is 18.1. The maximum absolute atomic E-state index is 12.4. The third-order valence-electron chi connectivity index (χ3n) is 2.74. The molecule has 2 heterocycles. The van der Waals surface area contributed by atoms with E-state index in [1.807, 2.05) is 13.8 Å². The molecular weight excluding hydrogens is 320 g/mol. The van der Waals surface area contributed by atoms with E-state index in [0.29, 0.717) is 18.7 Å². The highest BCUT2D eigenvalue weighted by molar-refractivity contribution is 9.10. The van der Waals surface area contributed by atoms with Gasteiger partial charge in [0.05, 0.1) is 17.8 Å². The lowest BCUT2D eigenvalue weighted by Gasteiger charge is -2.35. The Morgan fingerprint density at radius 3 is 2.72 bits per heavy atom. The van der Waals surface area contributed by atoms with Gasteiger partial charge in [-0.05, 0) is 35.8 Å². The van der Waals surface area contributed by atoms with E-state index in [2.05, 4.69) is 20.9 Å². The minimum atomic E-state index is -0.101. The van der Waals surface area contributed by atoms with Crippen LogP contribution in [0.3, 0.4) is 0 Å². The molecule has 0 aromatic carbocycles. The molecule has 6 heteroatoms. The molecule has 2 atom stereocenters. The molecule has 1 amide bonds. The summed E-state index contributed by atoms with van der Waals surface area (Å²) in [5.74, 6) is -0.101. The molecule has 1 saturated heterocycles. The number of carbonyl (C=O) groups excluding carboxylic acids is 1. The molecule has 1 aliphatic rings. The number of morpholine rings is 1. The second-order valence-corrected chi connectivity index (χ2v) is 5.73. The van der Waals surface area contributed by atoms with E-state index in [-0.39, 0.29) is 23.3 Å². The first kappa shape index (κ1) is 13.8. The van der Waals surface area contributed by atoms with Gasteiger partial charge >= 0.3 is 0 Å². The predicted octanol–water partition coefficient (Wildman–Crippen LogP) is 2.75. The molecule has 4 nitrogen and oxygen atoms in total. The molecule has 0 unspecified atom stereocenters. The van der Waals surface area contributed by atoms with Crippen molar-refractivity contribution >= 4 is 33.4 Å². The van der Waals surface area contributed by atoms with Gasteiger partial charge in [0.2, 0.25) is 0 Å². The van der Waals surface area contributed by atoms with E-state index in [1.54, 1.807) is 17.2 Å². The molecule has 1 aromatic heterocycles. The number of amides is 1. The van der Waals surface area contributed by atoms with E-state index in [9.17, 15) is 4.79 Å². The number of pyridine rings is 1. The molecule has 0 saturated carbocycles. The summed E-state index contributed by atoms with van der Waals surface area (Å²) < 4.78 is 6.34. The largest absolute Gasteiger partial charge is 0.372 e. The normalized spacial score (nSPS) is 24.1. The minimum Gasteiger partial charge on any atom is -0.372 e. The van der Waals surface area contributed by atoms with Crippen molar-refractivity contribution in [2.45, 2.75) is 26.1 Å². The van der Waals surface area contributed by atoms with Gasteiger partial charge in [0.1, 0.15) is 5.15 Å². The lowest BCUT2D eigenvalue weighted by atomic mass is 10.2. The Hall–Kier alpha value is -0.650. The summed E-state index contributed by atoms with van der Waals surface area (Å²) in [6, 6.07) is 1.70. The number of ether oxygens (including phenoxy) is 1. The number of nitrogens with zero attached hydrogens (tertiary/aromatic N) is 2. The Morgan fingerprint density at radius 1 is 1.50 bits per heavy atom. The summed E-state index contributed by atoms with van der Waals surface area (Å²) in [5, 5.41) is 0.231. The van der Waals surface area contributed by atoms with Crippen molar-refractivity contribution in [3.8, 4) is 0 Å². The van der Waals surface area contributed by atoms with Crippen LogP contribution < -0.4 is 0 Å². The average molecular weight is 334 g/mol. The molecule has 0 aliphatic carbocycles. The van der Waals surface area contributed by atoms with Gasteiger partial charge in [-0.2, -0.15) is 0 Å².